The van der Waals surface area contributed by atoms with Crippen molar-refractivity contribution in [1.82, 2.24) is 25.3 Å². The van der Waals surface area contributed by atoms with E-state index in [0.717, 1.165) is 51.4 Å². The van der Waals surface area contributed by atoms with Crippen LogP contribution in [-0.2, 0) is 22.7 Å². The van der Waals surface area contributed by atoms with E-state index in [2.05, 4.69) is 26.5 Å². The zero-order chi connectivity index (χ0) is 20.7. The molecular weight excluding hydrogens is 382 g/mol. The Kier molecular flexibility index (Phi) is 5.30. The monoisotopic (exact) mass is 411 g/mol. The van der Waals surface area contributed by atoms with Crippen molar-refractivity contribution in [2.75, 3.05) is 39.3 Å². The Hall–Kier alpha value is -2.29. The maximum absolute atomic E-state index is 12.8. The molecule has 0 aromatic heterocycles. The fraction of sp³-hybridized carbons (Fsp3) is 0.591. The van der Waals surface area contributed by atoms with Gasteiger partial charge in [0.05, 0.1) is 0 Å². The molecule has 3 saturated heterocycles. The highest BCUT2D eigenvalue weighted by atomic mass is 16.2. The molecule has 4 aliphatic rings. The molecule has 3 fully saturated rings. The smallest absolute Gasteiger partial charge is 0.255 e. The van der Waals surface area contributed by atoms with Crippen LogP contribution in [0.3, 0.4) is 0 Å². The Morgan fingerprint density at radius 2 is 1.87 bits per heavy atom. The van der Waals surface area contributed by atoms with E-state index in [1.807, 2.05) is 12.1 Å². The van der Waals surface area contributed by atoms with Crippen molar-refractivity contribution in [3.05, 3.63) is 34.9 Å². The highest BCUT2D eigenvalue weighted by Crippen LogP contribution is 2.29. The van der Waals surface area contributed by atoms with Gasteiger partial charge in [-0.15, -0.1) is 0 Å². The van der Waals surface area contributed by atoms with Crippen molar-refractivity contribution in [3.8, 4) is 0 Å². The number of benzene rings is 1. The molecule has 0 saturated carbocycles. The molecular formula is C22H29N5O3. The molecule has 0 radical (unpaired) electrons. The van der Waals surface area contributed by atoms with Gasteiger partial charge in [0.1, 0.15) is 6.04 Å². The van der Waals surface area contributed by atoms with Crippen LogP contribution in [0.2, 0.25) is 0 Å². The second-order valence-corrected chi connectivity index (χ2v) is 8.86. The van der Waals surface area contributed by atoms with Gasteiger partial charge < -0.3 is 10.2 Å². The Balaban J connectivity index is 1.23. The van der Waals surface area contributed by atoms with Gasteiger partial charge in [-0.1, -0.05) is 12.1 Å². The maximum atomic E-state index is 12.8. The molecule has 0 aliphatic carbocycles. The molecule has 5 rings (SSSR count). The van der Waals surface area contributed by atoms with Gasteiger partial charge in [0.15, 0.2) is 0 Å². The molecule has 30 heavy (non-hydrogen) atoms. The van der Waals surface area contributed by atoms with Crippen LogP contribution in [0.1, 0.15) is 40.7 Å². The fourth-order valence-corrected chi connectivity index (χ4v) is 5.29. The van der Waals surface area contributed by atoms with Gasteiger partial charge in [-0.25, -0.2) is 0 Å². The Morgan fingerprint density at radius 3 is 2.67 bits per heavy atom. The normalized spacial score (nSPS) is 28.1. The number of nitrogens with zero attached hydrogens (tertiary/aromatic N) is 3. The predicted molar refractivity (Wildman–Crippen MR) is 111 cm³/mol. The quantitative estimate of drug-likeness (QED) is 0.675. The molecule has 2 atom stereocenters. The molecule has 2 N–H and O–H groups in total. The van der Waals surface area contributed by atoms with E-state index >= 15 is 0 Å². The van der Waals surface area contributed by atoms with Crippen LogP contribution < -0.4 is 10.6 Å². The lowest BCUT2D eigenvalue weighted by atomic mass is 10.0. The van der Waals surface area contributed by atoms with E-state index in [1.165, 1.54) is 12.0 Å². The van der Waals surface area contributed by atoms with Crippen molar-refractivity contribution in [1.29, 1.82) is 0 Å². The van der Waals surface area contributed by atoms with Crippen LogP contribution in [-0.4, -0.2) is 83.8 Å². The number of rotatable bonds is 4. The van der Waals surface area contributed by atoms with Crippen molar-refractivity contribution >= 4 is 17.7 Å². The summed E-state index contributed by atoms with van der Waals surface area (Å²) in [6, 6.07) is 6.17. The number of fused-ring (bicyclic) bond motifs is 1. The topological polar surface area (TPSA) is 85.0 Å². The molecule has 8 heteroatoms. The highest BCUT2D eigenvalue weighted by Gasteiger charge is 2.39. The Bertz CT molecular complexity index is 866. The van der Waals surface area contributed by atoms with E-state index in [0.29, 0.717) is 24.6 Å². The standard InChI is InChI=1S/C22H29N5O3/c28-20-4-3-19(21(29)24-20)27-13-16-11-15(1-2-18(16)22(27)30)12-25-8-5-17(14-25)26-9-6-23-7-10-26/h1-2,11,17,19,23H,3-10,12-14H2,(H,24,28,29). The largest absolute Gasteiger partial charge is 0.322 e. The molecule has 0 spiro atoms. The number of hydrogen-bond acceptors (Lipinski definition) is 6. The lowest BCUT2D eigenvalue weighted by Gasteiger charge is -2.32. The van der Waals surface area contributed by atoms with E-state index in [-0.39, 0.29) is 24.1 Å². The summed E-state index contributed by atoms with van der Waals surface area (Å²) in [7, 11) is 0. The minimum Gasteiger partial charge on any atom is -0.322 e. The summed E-state index contributed by atoms with van der Waals surface area (Å²) in [6.07, 6.45) is 1.90. The van der Waals surface area contributed by atoms with Crippen LogP contribution in [0.5, 0.6) is 0 Å². The molecule has 4 aliphatic heterocycles. The average Bonchev–Trinajstić information content (AvgIpc) is 3.33. The molecule has 160 valence electrons. The molecule has 0 bridgehead atoms. The zero-order valence-electron chi connectivity index (χ0n) is 17.2. The minimum atomic E-state index is -0.551. The molecule has 1 aromatic rings. The molecule has 1 aromatic carbocycles. The number of piperidine rings is 1. The SMILES string of the molecule is O=C1CCC(N2Cc3cc(CN4CCC(N5CCNCC5)C4)ccc3C2=O)C(=O)N1. The van der Waals surface area contributed by atoms with Gasteiger partial charge >= 0.3 is 0 Å². The van der Waals surface area contributed by atoms with Crippen molar-refractivity contribution in [2.45, 2.75) is 44.4 Å². The van der Waals surface area contributed by atoms with E-state index in [9.17, 15) is 14.4 Å². The molecule has 3 amide bonds. The number of piperazine rings is 1. The summed E-state index contributed by atoms with van der Waals surface area (Å²) in [5.41, 5.74) is 2.89. The summed E-state index contributed by atoms with van der Waals surface area (Å²) in [5.74, 6) is -0.720. The van der Waals surface area contributed by atoms with Gasteiger partial charge in [0.25, 0.3) is 5.91 Å². The van der Waals surface area contributed by atoms with Crippen molar-refractivity contribution in [2.24, 2.45) is 0 Å². The van der Waals surface area contributed by atoms with Crippen molar-refractivity contribution in [3.63, 3.8) is 0 Å². The predicted octanol–water partition coefficient (Wildman–Crippen LogP) is -0.0729. The number of imide groups is 1. The maximum Gasteiger partial charge on any atom is 0.255 e. The second kappa shape index (κ2) is 8.09. The highest BCUT2D eigenvalue weighted by molar-refractivity contribution is 6.05. The lowest BCUT2D eigenvalue weighted by molar-refractivity contribution is -0.136. The summed E-state index contributed by atoms with van der Waals surface area (Å²) < 4.78 is 0. The van der Waals surface area contributed by atoms with Gasteiger partial charge in [0, 0.05) is 70.4 Å². The van der Waals surface area contributed by atoms with Gasteiger partial charge in [-0.05, 0) is 30.0 Å². The number of likely N-dealkylation sites (tertiary alicyclic amines) is 1. The van der Waals surface area contributed by atoms with Gasteiger partial charge in [-0.3, -0.25) is 29.5 Å². The third kappa shape index (κ3) is 3.75. The van der Waals surface area contributed by atoms with E-state index in [4.69, 9.17) is 0 Å². The number of carbonyl (C=O) groups is 3. The zero-order valence-corrected chi connectivity index (χ0v) is 17.2. The van der Waals surface area contributed by atoms with Crippen LogP contribution in [0, 0.1) is 0 Å². The average molecular weight is 412 g/mol. The van der Waals surface area contributed by atoms with Crippen molar-refractivity contribution < 1.29 is 14.4 Å². The molecule has 4 heterocycles. The summed E-state index contributed by atoms with van der Waals surface area (Å²) in [6.45, 7) is 7.97. The Morgan fingerprint density at radius 1 is 1.03 bits per heavy atom. The summed E-state index contributed by atoms with van der Waals surface area (Å²) >= 11 is 0. The van der Waals surface area contributed by atoms with E-state index < -0.39 is 6.04 Å². The minimum absolute atomic E-state index is 0.106. The number of nitrogens with one attached hydrogen (secondary N) is 2. The number of hydrogen-bond donors (Lipinski definition) is 2. The Labute approximate surface area is 176 Å². The summed E-state index contributed by atoms with van der Waals surface area (Å²) in [5, 5.41) is 5.78. The number of carbonyl (C=O) groups excluding carboxylic acids is 3. The first kappa shape index (κ1) is 19.7. The first-order valence-corrected chi connectivity index (χ1v) is 11.0. The molecule has 2 unspecified atom stereocenters. The second-order valence-electron chi connectivity index (χ2n) is 8.86. The lowest BCUT2D eigenvalue weighted by Crippen LogP contribution is -2.52. The number of amides is 3. The third-order valence-electron chi connectivity index (χ3n) is 6.91. The third-order valence-corrected chi connectivity index (χ3v) is 6.91. The molecule has 8 nitrogen and oxygen atoms in total. The fourth-order valence-electron chi connectivity index (χ4n) is 5.29. The van der Waals surface area contributed by atoms with Crippen LogP contribution in [0.4, 0.5) is 0 Å². The van der Waals surface area contributed by atoms with Crippen LogP contribution >= 0.6 is 0 Å². The first-order chi connectivity index (χ1) is 14.6. The van der Waals surface area contributed by atoms with Crippen LogP contribution in [0.15, 0.2) is 18.2 Å². The first-order valence-electron chi connectivity index (χ1n) is 11.0. The summed E-state index contributed by atoms with van der Waals surface area (Å²) in [4.78, 5) is 43.2. The van der Waals surface area contributed by atoms with Gasteiger partial charge in [-0.2, -0.15) is 0 Å². The van der Waals surface area contributed by atoms with Crippen LogP contribution in [0.25, 0.3) is 0 Å². The van der Waals surface area contributed by atoms with E-state index in [1.54, 1.807) is 4.90 Å². The van der Waals surface area contributed by atoms with Gasteiger partial charge in [0.2, 0.25) is 11.8 Å².